The molecule has 0 amide bonds. The monoisotopic (exact) mass is 273 g/mol. The molecule has 0 aromatic heterocycles. The van der Waals surface area contributed by atoms with E-state index in [2.05, 4.69) is 0 Å². The van der Waals surface area contributed by atoms with Crippen molar-refractivity contribution in [1.82, 2.24) is 0 Å². The van der Waals surface area contributed by atoms with Crippen LogP contribution in [-0.2, 0) is 0 Å². The molecule has 0 N–H and O–H groups in total. The Bertz CT molecular complexity index is 6.00. The Kier molecular flexibility index (Phi) is 19.9. The Morgan fingerprint density at radius 2 is 1.75 bits per heavy atom. The minimum Gasteiger partial charge on any atom is -0.127 e. The van der Waals surface area contributed by atoms with Gasteiger partial charge in [0.1, 0.15) is 0 Å². The van der Waals surface area contributed by atoms with Crippen LogP contribution < -0.4 is 0 Å². The zero-order chi connectivity index (χ0) is 2.71. The molecular formula is C2H5BiCl. The van der Waals surface area contributed by atoms with Gasteiger partial charge in [-0.1, -0.05) is 6.92 Å². The van der Waals surface area contributed by atoms with Gasteiger partial charge in [0, 0.05) is 32.1 Å². The third-order valence-corrected chi connectivity index (χ3v) is 0. The molecule has 0 nitrogen and oxygen atoms in total. The van der Waals surface area contributed by atoms with E-state index in [0.717, 1.165) is 5.88 Å². The van der Waals surface area contributed by atoms with Crippen LogP contribution in [0.25, 0.3) is 0 Å². The van der Waals surface area contributed by atoms with E-state index in [1.807, 2.05) is 6.92 Å². The average Bonchev–Trinajstić information content (AvgIpc) is 0.918. The Morgan fingerprint density at radius 1 is 1.75 bits per heavy atom. The van der Waals surface area contributed by atoms with Crippen molar-refractivity contribution in [2.24, 2.45) is 0 Å². The molecule has 0 saturated carbocycles. The maximum absolute atomic E-state index is 5.00. The molecule has 25 valence electrons. The smallest absolute Gasteiger partial charge is 0.0195 e. The summed E-state index contributed by atoms with van der Waals surface area (Å²) in [5.41, 5.74) is 0. The number of rotatable bonds is 0. The molecule has 2 heteroatoms. The molecule has 0 aliphatic carbocycles. The summed E-state index contributed by atoms with van der Waals surface area (Å²) in [7, 11) is 0. The summed E-state index contributed by atoms with van der Waals surface area (Å²) in [5, 5.41) is 0. The number of hydrogen-bond donors (Lipinski definition) is 0. The van der Waals surface area contributed by atoms with Gasteiger partial charge in [0.15, 0.2) is 0 Å². The summed E-state index contributed by atoms with van der Waals surface area (Å²) in [6.45, 7) is 1.89. The van der Waals surface area contributed by atoms with Crippen LogP contribution in [-0.4, -0.2) is 32.1 Å². The molecule has 0 rings (SSSR count). The molecule has 0 heterocycles. The summed E-state index contributed by atoms with van der Waals surface area (Å²) in [6, 6.07) is 0. The average molecular weight is 273 g/mol. The van der Waals surface area contributed by atoms with E-state index in [1.165, 1.54) is 0 Å². The van der Waals surface area contributed by atoms with Gasteiger partial charge in [-0.15, -0.1) is 11.6 Å². The first-order valence-electron chi connectivity index (χ1n) is 0.974. The minimum atomic E-state index is 0. The van der Waals surface area contributed by atoms with Crippen LogP contribution in [0.15, 0.2) is 0 Å². The molecule has 3 radical (unpaired) electrons. The fraction of sp³-hybridized carbons (Fsp3) is 1.00. The molecule has 0 aromatic carbocycles. The quantitative estimate of drug-likeness (QED) is 0.454. The molecule has 0 bridgehead atoms. The first-order valence-corrected chi connectivity index (χ1v) is 1.51. The van der Waals surface area contributed by atoms with E-state index < -0.39 is 0 Å². The Balaban J connectivity index is 0. The number of hydrogen-bond acceptors (Lipinski definition) is 0. The summed E-state index contributed by atoms with van der Waals surface area (Å²) in [6.07, 6.45) is 0. The van der Waals surface area contributed by atoms with Gasteiger partial charge < -0.3 is 0 Å². The largest absolute Gasteiger partial charge is 0.127 e. The van der Waals surface area contributed by atoms with Gasteiger partial charge in [0.2, 0.25) is 0 Å². The van der Waals surface area contributed by atoms with Crippen molar-refractivity contribution >= 4 is 37.8 Å². The molecule has 0 aliphatic rings. The Labute approximate surface area is 50.7 Å². The topological polar surface area (TPSA) is 0 Å². The van der Waals surface area contributed by atoms with E-state index in [0.29, 0.717) is 0 Å². The van der Waals surface area contributed by atoms with Gasteiger partial charge in [-0.2, -0.15) is 0 Å². The predicted octanol–water partition coefficient (Wildman–Crippen LogP) is 0.864. The van der Waals surface area contributed by atoms with Gasteiger partial charge in [-0.3, -0.25) is 0 Å². The van der Waals surface area contributed by atoms with Crippen molar-refractivity contribution in [3.63, 3.8) is 0 Å². The summed E-state index contributed by atoms with van der Waals surface area (Å²) >= 11 is 5.00. The summed E-state index contributed by atoms with van der Waals surface area (Å²) < 4.78 is 0. The molecule has 0 saturated heterocycles. The molecule has 0 unspecified atom stereocenters. The molecule has 0 spiro atoms. The van der Waals surface area contributed by atoms with Crippen molar-refractivity contribution in [3.8, 4) is 0 Å². The molecule has 0 atom stereocenters. The van der Waals surface area contributed by atoms with Crippen molar-refractivity contribution in [2.75, 3.05) is 5.88 Å². The minimum absolute atomic E-state index is 0. The Hall–Kier alpha value is 1.17. The van der Waals surface area contributed by atoms with E-state index in [4.69, 9.17) is 11.6 Å². The standard InChI is InChI=1S/C2H5Cl.Bi/c1-2-3;/h2H2,1H3;. The van der Waals surface area contributed by atoms with Gasteiger partial charge in [-0.25, -0.2) is 0 Å². The zero-order valence-corrected chi connectivity index (χ0v) is 6.77. The molecule has 4 heavy (non-hydrogen) atoms. The second-order valence-electron chi connectivity index (χ2n) is 0.267. The number of alkyl halides is 1. The third kappa shape index (κ3) is 10.9. The van der Waals surface area contributed by atoms with Gasteiger partial charge in [0.25, 0.3) is 0 Å². The van der Waals surface area contributed by atoms with E-state index >= 15 is 0 Å². The maximum Gasteiger partial charge on any atom is 0.0195 e. The second kappa shape index (κ2) is 8.90. The van der Waals surface area contributed by atoms with Gasteiger partial charge >= 0.3 is 0 Å². The summed E-state index contributed by atoms with van der Waals surface area (Å²) in [4.78, 5) is 0. The van der Waals surface area contributed by atoms with Crippen molar-refractivity contribution in [3.05, 3.63) is 0 Å². The van der Waals surface area contributed by atoms with Crippen LogP contribution in [0.5, 0.6) is 0 Å². The molecule has 0 fully saturated rings. The van der Waals surface area contributed by atoms with Gasteiger partial charge in [0.05, 0.1) is 0 Å². The van der Waals surface area contributed by atoms with E-state index in [9.17, 15) is 0 Å². The van der Waals surface area contributed by atoms with Crippen LogP contribution in [0.2, 0.25) is 0 Å². The van der Waals surface area contributed by atoms with Gasteiger partial charge in [-0.05, 0) is 0 Å². The van der Waals surface area contributed by atoms with Crippen molar-refractivity contribution in [1.29, 1.82) is 0 Å². The van der Waals surface area contributed by atoms with Crippen LogP contribution in [0.4, 0.5) is 0 Å². The second-order valence-corrected chi connectivity index (χ2v) is 0.802. The fourth-order valence-electron chi connectivity index (χ4n) is 0. The first-order chi connectivity index (χ1) is 1.41. The van der Waals surface area contributed by atoms with Crippen molar-refractivity contribution < 1.29 is 0 Å². The fourth-order valence-corrected chi connectivity index (χ4v) is 0. The Morgan fingerprint density at radius 3 is 1.75 bits per heavy atom. The van der Waals surface area contributed by atoms with Crippen LogP contribution >= 0.6 is 11.6 Å². The SMILES string of the molecule is CCCl.[Bi]. The zero-order valence-electron chi connectivity index (χ0n) is 2.53. The summed E-state index contributed by atoms with van der Waals surface area (Å²) in [5.74, 6) is 0.722. The molecule has 0 aromatic rings. The van der Waals surface area contributed by atoms with Crippen LogP contribution in [0.1, 0.15) is 6.92 Å². The molecular weight excluding hydrogens is 268 g/mol. The van der Waals surface area contributed by atoms with E-state index in [1.54, 1.807) is 0 Å². The van der Waals surface area contributed by atoms with E-state index in [-0.39, 0.29) is 26.2 Å². The first kappa shape index (κ1) is 8.95. The maximum atomic E-state index is 5.00. The van der Waals surface area contributed by atoms with Crippen LogP contribution in [0.3, 0.4) is 0 Å². The number of halogens is 1. The van der Waals surface area contributed by atoms with Crippen LogP contribution in [0, 0.1) is 0 Å². The third-order valence-electron chi connectivity index (χ3n) is 0. The normalized spacial score (nSPS) is 4.50. The van der Waals surface area contributed by atoms with Crippen molar-refractivity contribution in [2.45, 2.75) is 6.92 Å². The molecule has 0 aliphatic heterocycles. The predicted molar refractivity (Wildman–Crippen MR) is 22.1 cm³/mol.